The molecule has 0 spiro atoms. The molecule has 1 aromatic rings. The number of nitrogens with zero attached hydrogens (tertiary/aromatic N) is 1. The minimum Gasteiger partial charge on any atom is -0.294 e. The fourth-order valence-corrected chi connectivity index (χ4v) is 1.46. The molecule has 1 rings (SSSR count). The van der Waals surface area contributed by atoms with Gasteiger partial charge in [-0.15, -0.1) is 0 Å². The van der Waals surface area contributed by atoms with Crippen LogP contribution in [-0.4, -0.2) is 10.7 Å². The zero-order valence-corrected chi connectivity index (χ0v) is 9.42. The highest BCUT2D eigenvalue weighted by Crippen LogP contribution is 2.30. The van der Waals surface area contributed by atoms with Gasteiger partial charge in [-0.1, -0.05) is 11.6 Å². The van der Waals surface area contributed by atoms with Crippen LogP contribution in [0.2, 0.25) is 5.02 Å². The van der Waals surface area contributed by atoms with Crippen molar-refractivity contribution in [3.63, 3.8) is 0 Å². The second-order valence-electron chi connectivity index (χ2n) is 2.60. The van der Waals surface area contributed by atoms with Crippen molar-refractivity contribution in [3.05, 3.63) is 37.3 Å². The van der Waals surface area contributed by atoms with Gasteiger partial charge in [-0.3, -0.25) is 14.9 Å². The van der Waals surface area contributed by atoms with Gasteiger partial charge in [0.1, 0.15) is 0 Å². The second kappa shape index (κ2) is 4.06. The number of ketones is 1. The van der Waals surface area contributed by atoms with Crippen LogP contribution in [0.15, 0.2) is 16.6 Å². The van der Waals surface area contributed by atoms with E-state index in [0.29, 0.717) is 4.47 Å². The second-order valence-corrected chi connectivity index (χ2v) is 3.86. The number of halogens is 2. The van der Waals surface area contributed by atoms with Crippen molar-refractivity contribution in [3.8, 4) is 0 Å². The summed E-state index contributed by atoms with van der Waals surface area (Å²) in [6.45, 7) is 1.26. The van der Waals surface area contributed by atoms with E-state index in [1.807, 2.05) is 0 Å². The van der Waals surface area contributed by atoms with Gasteiger partial charge in [0, 0.05) is 10.5 Å². The maximum atomic E-state index is 11.1. The van der Waals surface area contributed by atoms with Crippen LogP contribution in [0.5, 0.6) is 0 Å². The molecule has 0 heterocycles. The third-order valence-electron chi connectivity index (χ3n) is 1.61. The number of rotatable bonds is 2. The van der Waals surface area contributed by atoms with Crippen LogP contribution in [0, 0.1) is 10.1 Å². The minimum atomic E-state index is -0.613. The average molecular weight is 278 g/mol. The van der Waals surface area contributed by atoms with Gasteiger partial charge in [0.2, 0.25) is 0 Å². The molecule has 0 aliphatic carbocycles. The van der Waals surface area contributed by atoms with E-state index in [-0.39, 0.29) is 22.1 Å². The number of carbonyl (C=O) groups excluding carboxylic acids is 1. The molecule has 0 unspecified atom stereocenters. The Balaban J connectivity index is 3.46. The fraction of sp³-hybridized carbons (Fsp3) is 0.125. The summed E-state index contributed by atoms with van der Waals surface area (Å²) in [7, 11) is 0. The molecule has 0 aliphatic heterocycles. The number of nitro benzene ring substituents is 1. The molecule has 0 aliphatic rings. The molecule has 0 radical (unpaired) electrons. The first kappa shape index (κ1) is 11.1. The number of nitro groups is 1. The van der Waals surface area contributed by atoms with Crippen LogP contribution in [0.3, 0.4) is 0 Å². The van der Waals surface area contributed by atoms with Gasteiger partial charge in [-0.25, -0.2) is 0 Å². The summed E-state index contributed by atoms with van der Waals surface area (Å²) in [5.74, 6) is -0.383. The first-order valence-corrected chi connectivity index (χ1v) is 4.75. The van der Waals surface area contributed by atoms with Crippen molar-refractivity contribution in [1.29, 1.82) is 0 Å². The lowest BCUT2D eigenvalue weighted by Crippen LogP contribution is -2.00. The van der Waals surface area contributed by atoms with Crippen molar-refractivity contribution in [2.24, 2.45) is 0 Å². The van der Waals surface area contributed by atoms with Crippen LogP contribution in [0.1, 0.15) is 17.3 Å². The molecule has 6 heteroatoms. The first-order chi connectivity index (χ1) is 6.43. The van der Waals surface area contributed by atoms with Crippen LogP contribution in [0.4, 0.5) is 5.69 Å². The Morgan fingerprint density at radius 1 is 1.57 bits per heavy atom. The Bertz CT molecular complexity index is 380. The van der Waals surface area contributed by atoms with Crippen LogP contribution in [-0.2, 0) is 0 Å². The standard InChI is InChI=1S/C8H5BrClNO3/c1-4(12)5-2-7(10)6(9)3-8(5)11(13)14/h2-3H,1H3. The molecule has 74 valence electrons. The van der Waals surface area contributed by atoms with Crippen molar-refractivity contribution >= 4 is 39.0 Å². The van der Waals surface area contributed by atoms with E-state index in [0.717, 1.165) is 0 Å². The zero-order chi connectivity index (χ0) is 10.9. The predicted molar refractivity (Wildman–Crippen MR) is 55.8 cm³/mol. The van der Waals surface area contributed by atoms with E-state index in [9.17, 15) is 14.9 Å². The largest absolute Gasteiger partial charge is 0.294 e. The molecule has 0 bridgehead atoms. The number of hydrogen-bond acceptors (Lipinski definition) is 3. The topological polar surface area (TPSA) is 60.2 Å². The summed E-state index contributed by atoms with van der Waals surface area (Å²) in [6, 6.07) is 2.51. The van der Waals surface area contributed by atoms with Crippen LogP contribution < -0.4 is 0 Å². The number of benzene rings is 1. The maximum Gasteiger partial charge on any atom is 0.281 e. The van der Waals surface area contributed by atoms with Gasteiger partial charge >= 0.3 is 0 Å². The molecule has 0 atom stereocenters. The van der Waals surface area contributed by atoms with Gasteiger partial charge in [-0.05, 0) is 28.9 Å². The van der Waals surface area contributed by atoms with E-state index in [4.69, 9.17) is 11.6 Å². The van der Waals surface area contributed by atoms with Gasteiger partial charge < -0.3 is 0 Å². The molecular formula is C8H5BrClNO3. The first-order valence-electron chi connectivity index (χ1n) is 3.58. The Morgan fingerprint density at radius 3 is 2.57 bits per heavy atom. The molecule has 0 fully saturated rings. The molecule has 0 N–H and O–H groups in total. The highest BCUT2D eigenvalue weighted by Gasteiger charge is 2.19. The van der Waals surface area contributed by atoms with Crippen molar-refractivity contribution < 1.29 is 9.72 Å². The zero-order valence-electron chi connectivity index (χ0n) is 7.08. The van der Waals surface area contributed by atoms with E-state index in [1.54, 1.807) is 0 Å². The quantitative estimate of drug-likeness (QED) is 0.474. The smallest absolute Gasteiger partial charge is 0.281 e. The summed E-state index contributed by atoms with van der Waals surface area (Å²) in [6.07, 6.45) is 0. The Kier molecular flexibility index (Phi) is 3.23. The number of hydrogen-bond donors (Lipinski definition) is 0. The highest BCUT2D eigenvalue weighted by atomic mass is 79.9. The summed E-state index contributed by atoms with van der Waals surface area (Å²) in [5.41, 5.74) is -0.225. The molecular weight excluding hydrogens is 273 g/mol. The van der Waals surface area contributed by atoms with E-state index < -0.39 is 4.92 Å². The lowest BCUT2D eigenvalue weighted by Gasteiger charge is -2.01. The molecule has 0 aromatic heterocycles. The number of Topliss-reactive ketones (excluding diaryl/α,β-unsaturated/α-hetero) is 1. The Hall–Kier alpha value is -0.940. The normalized spacial score (nSPS) is 9.93. The molecule has 0 amide bonds. The average Bonchev–Trinajstić information content (AvgIpc) is 2.08. The summed E-state index contributed by atoms with van der Waals surface area (Å²) in [4.78, 5) is 21.0. The fourth-order valence-electron chi connectivity index (χ4n) is 0.969. The highest BCUT2D eigenvalue weighted by molar-refractivity contribution is 9.10. The van der Waals surface area contributed by atoms with Crippen LogP contribution >= 0.6 is 27.5 Å². The third kappa shape index (κ3) is 2.10. The summed E-state index contributed by atoms with van der Waals surface area (Å²) in [5, 5.41) is 10.9. The summed E-state index contributed by atoms with van der Waals surface area (Å²) < 4.78 is 0.399. The van der Waals surface area contributed by atoms with E-state index in [1.165, 1.54) is 19.1 Å². The van der Waals surface area contributed by atoms with Crippen molar-refractivity contribution in [2.45, 2.75) is 6.92 Å². The molecule has 0 saturated carbocycles. The van der Waals surface area contributed by atoms with Gasteiger partial charge in [0.25, 0.3) is 5.69 Å². The summed E-state index contributed by atoms with van der Waals surface area (Å²) >= 11 is 8.76. The van der Waals surface area contributed by atoms with Crippen molar-refractivity contribution in [1.82, 2.24) is 0 Å². The lowest BCUT2D eigenvalue weighted by molar-refractivity contribution is -0.385. The van der Waals surface area contributed by atoms with Crippen LogP contribution in [0.25, 0.3) is 0 Å². The number of carbonyl (C=O) groups is 1. The van der Waals surface area contributed by atoms with E-state index >= 15 is 0 Å². The SMILES string of the molecule is CC(=O)c1cc(Cl)c(Br)cc1[N+](=O)[O-]. The van der Waals surface area contributed by atoms with Crippen molar-refractivity contribution in [2.75, 3.05) is 0 Å². The minimum absolute atomic E-state index is 0.0169. The Labute approximate surface area is 93.1 Å². The lowest BCUT2D eigenvalue weighted by atomic mass is 10.1. The van der Waals surface area contributed by atoms with E-state index in [2.05, 4.69) is 15.9 Å². The third-order valence-corrected chi connectivity index (χ3v) is 2.81. The molecule has 14 heavy (non-hydrogen) atoms. The maximum absolute atomic E-state index is 11.1. The monoisotopic (exact) mass is 277 g/mol. The van der Waals surface area contributed by atoms with Gasteiger partial charge in [-0.2, -0.15) is 0 Å². The molecule has 1 aromatic carbocycles. The molecule has 4 nitrogen and oxygen atoms in total. The Morgan fingerprint density at radius 2 is 2.14 bits per heavy atom. The van der Waals surface area contributed by atoms with Gasteiger partial charge in [0.15, 0.2) is 5.78 Å². The molecule has 0 saturated heterocycles. The van der Waals surface area contributed by atoms with Gasteiger partial charge in [0.05, 0.1) is 15.5 Å². The predicted octanol–water partition coefficient (Wildman–Crippen LogP) is 3.21.